The third-order valence-electron chi connectivity index (χ3n) is 3.39. The van der Waals surface area contributed by atoms with Gasteiger partial charge in [0.15, 0.2) is 5.69 Å². The number of nitrogens with zero attached hydrogens (tertiary/aromatic N) is 3. The van der Waals surface area contributed by atoms with Crippen molar-refractivity contribution in [2.75, 3.05) is 13.7 Å². The van der Waals surface area contributed by atoms with Gasteiger partial charge in [-0.15, -0.1) is 0 Å². The van der Waals surface area contributed by atoms with Crippen molar-refractivity contribution in [3.8, 4) is 11.4 Å². The maximum Gasteiger partial charge on any atom is 0.358 e. The molecule has 134 valence electrons. The minimum absolute atomic E-state index is 0.0977. The molecule has 2 aromatic heterocycles. The van der Waals surface area contributed by atoms with Crippen molar-refractivity contribution in [2.45, 2.75) is 16.8 Å². The Morgan fingerprint density at radius 1 is 1.27 bits per heavy atom. The number of benzene rings is 1. The Hall–Kier alpha value is -2.87. The van der Waals surface area contributed by atoms with Crippen molar-refractivity contribution in [2.24, 2.45) is 0 Å². The maximum atomic E-state index is 14.2. The van der Waals surface area contributed by atoms with E-state index < -0.39 is 11.9 Å². The Labute approximate surface area is 154 Å². The average Bonchev–Trinajstić information content (AvgIpc) is 3.06. The number of hydrogen-bond acceptors (Lipinski definition) is 6. The fourth-order valence-corrected chi connectivity index (χ4v) is 3.19. The molecule has 0 unspecified atom stereocenters. The molecule has 2 heterocycles. The lowest BCUT2D eigenvalue weighted by Gasteiger charge is -2.08. The molecule has 0 aliphatic heterocycles. The van der Waals surface area contributed by atoms with Gasteiger partial charge in [0.05, 0.1) is 13.7 Å². The van der Waals surface area contributed by atoms with Gasteiger partial charge >= 0.3 is 5.97 Å². The van der Waals surface area contributed by atoms with Crippen LogP contribution in [0.15, 0.2) is 58.6 Å². The van der Waals surface area contributed by atoms with E-state index in [4.69, 9.17) is 9.47 Å². The number of pyridine rings is 1. The number of carbonyl (C=O) groups is 1. The molecule has 0 fully saturated rings. The Kier molecular flexibility index (Phi) is 5.52. The minimum Gasteiger partial charge on any atom is -0.497 e. The highest BCUT2D eigenvalue weighted by atomic mass is 32.2. The molecule has 0 atom stereocenters. The molecule has 8 heteroatoms. The summed E-state index contributed by atoms with van der Waals surface area (Å²) in [6.07, 6.45) is 1.35. The summed E-state index contributed by atoms with van der Waals surface area (Å²) in [5.74, 6) is -0.555. The lowest BCUT2D eigenvalue weighted by Crippen LogP contribution is -2.08. The van der Waals surface area contributed by atoms with Gasteiger partial charge in [0.2, 0.25) is 5.95 Å². The zero-order valence-electron chi connectivity index (χ0n) is 14.2. The second-order valence-corrected chi connectivity index (χ2v) is 6.19. The van der Waals surface area contributed by atoms with E-state index in [2.05, 4.69) is 10.1 Å². The highest BCUT2D eigenvalue weighted by Crippen LogP contribution is 2.32. The molecular weight excluding hydrogens is 357 g/mol. The molecule has 3 aromatic rings. The van der Waals surface area contributed by atoms with E-state index in [1.165, 1.54) is 22.6 Å². The Balaban J connectivity index is 2.04. The van der Waals surface area contributed by atoms with Gasteiger partial charge in [0.25, 0.3) is 0 Å². The van der Waals surface area contributed by atoms with Crippen LogP contribution in [0.4, 0.5) is 4.39 Å². The third kappa shape index (κ3) is 3.85. The number of esters is 1. The van der Waals surface area contributed by atoms with Crippen molar-refractivity contribution in [3.63, 3.8) is 0 Å². The van der Waals surface area contributed by atoms with Crippen LogP contribution >= 0.6 is 11.8 Å². The fraction of sp³-hybridized carbons (Fsp3) is 0.167. The topological polar surface area (TPSA) is 66.2 Å². The molecule has 0 radical (unpaired) electrons. The normalized spacial score (nSPS) is 10.6. The zero-order chi connectivity index (χ0) is 18.5. The molecule has 3 rings (SSSR count). The number of ether oxygens (including phenoxy) is 2. The SMILES string of the molecule is CCOC(=O)c1cc(Sc2cccc(OC)c2)n(-c2cccnc2F)n1. The van der Waals surface area contributed by atoms with Gasteiger partial charge < -0.3 is 9.47 Å². The monoisotopic (exact) mass is 373 g/mol. The molecule has 0 bridgehead atoms. The quantitative estimate of drug-likeness (QED) is 0.484. The number of halogens is 1. The van der Waals surface area contributed by atoms with E-state index in [-0.39, 0.29) is 18.0 Å². The van der Waals surface area contributed by atoms with Crippen LogP contribution in [0.1, 0.15) is 17.4 Å². The molecule has 0 aliphatic rings. The van der Waals surface area contributed by atoms with Gasteiger partial charge in [-0.2, -0.15) is 9.49 Å². The highest BCUT2D eigenvalue weighted by Gasteiger charge is 2.19. The second-order valence-electron chi connectivity index (χ2n) is 5.09. The molecular formula is C18H16FN3O3S. The van der Waals surface area contributed by atoms with E-state index in [0.717, 1.165) is 4.90 Å². The van der Waals surface area contributed by atoms with Crippen LogP contribution in [-0.4, -0.2) is 34.5 Å². The van der Waals surface area contributed by atoms with E-state index in [9.17, 15) is 9.18 Å². The molecule has 0 amide bonds. The first-order valence-electron chi connectivity index (χ1n) is 7.82. The Morgan fingerprint density at radius 3 is 2.85 bits per heavy atom. The predicted molar refractivity (Wildman–Crippen MR) is 94.4 cm³/mol. The number of aromatic nitrogens is 3. The first kappa shape index (κ1) is 17.9. The van der Waals surface area contributed by atoms with E-state index in [1.54, 1.807) is 32.2 Å². The number of rotatable bonds is 6. The Bertz CT molecular complexity index is 930. The third-order valence-corrected chi connectivity index (χ3v) is 4.38. The number of carbonyl (C=O) groups excluding carboxylic acids is 1. The first-order valence-corrected chi connectivity index (χ1v) is 8.64. The van der Waals surface area contributed by atoms with Gasteiger partial charge in [-0.05, 0) is 37.3 Å². The largest absolute Gasteiger partial charge is 0.497 e. The lowest BCUT2D eigenvalue weighted by molar-refractivity contribution is 0.0519. The van der Waals surface area contributed by atoms with Gasteiger partial charge in [-0.3, -0.25) is 0 Å². The van der Waals surface area contributed by atoms with Crippen LogP contribution in [0, 0.1) is 5.95 Å². The molecule has 0 aliphatic carbocycles. The molecule has 0 N–H and O–H groups in total. The molecule has 1 aromatic carbocycles. The minimum atomic E-state index is -0.682. The van der Waals surface area contributed by atoms with Gasteiger partial charge in [-0.25, -0.2) is 14.5 Å². The summed E-state index contributed by atoms with van der Waals surface area (Å²) in [6, 6.07) is 12.1. The summed E-state index contributed by atoms with van der Waals surface area (Å²) < 4.78 is 25.7. The zero-order valence-corrected chi connectivity index (χ0v) is 15.0. The van der Waals surface area contributed by atoms with Crippen molar-refractivity contribution in [3.05, 3.63) is 60.3 Å². The molecule has 0 saturated carbocycles. The summed E-state index contributed by atoms with van der Waals surface area (Å²) in [6.45, 7) is 1.94. The van der Waals surface area contributed by atoms with Crippen molar-refractivity contribution >= 4 is 17.7 Å². The van der Waals surface area contributed by atoms with Gasteiger partial charge in [0.1, 0.15) is 16.5 Å². The van der Waals surface area contributed by atoms with Crippen molar-refractivity contribution in [1.82, 2.24) is 14.8 Å². The van der Waals surface area contributed by atoms with Crippen molar-refractivity contribution < 1.29 is 18.7 Å². The van der Waals surface area contributed by atoms with Gasteiger partial charge in [0, 0.05) is 17.2 Å². The second kappa shape index (κ2) is 8.01. The Morgan fingerprint density at radius 2 is 2.12 bits per heavy atom. The van der Waals surface area contributed by atoms with Crippen LogP contribution in [0.5, 0.6) is 5.75 Å². The van der Waals surface area contributed by atoms with Crippen LogP contribution < -0.4 is 4.74 Å². The van der Waals surface area contributed by atoms with Crippen LogP contribution in [0.3, 0.4) is 0 Å². The van der Waals surface area contributed by atoms with E-state index >= 15 is 0 Å². The standard InChI is InChI=1S/C18H16FN3O3S/c1-3-25-18(23)14-11-16(26-13-7-4-6-12(10-13)24-2)22(21-14)15-8-5-9-20-17(15)19/h4-11H,3H2,1-2H3. The smallest absolute Gasteiger partial charge is 0.358 e. The average molecular weight is 373 g/mol. The molecule has 0 spiro atoms. The first-order chi connectivity index (χ1) is 12.6. The molecule has 26 heavy (non-hydrogen) atoms. The summed E-state index contributed by atoms with van der Waals surface area (Å²) in [7, 11) is 1.58. The van der Waals surface area contributed by atoms with E-state index in [0.29, 0.717) is 10.8 Å². The van der Waals surface area contributed by atoms with Crippen molar-refractivity contribution in [1.29, 1.82) is 0 Å². The lowest BCUT2D eigenvalue weighted by atomic mass is 10.3. The summed E-state index contributed by atoms with van der Waals surface area (Å²) in [5.41, 5.74) is 0.244. The van der Waals surface area contributed by atoms with Crippen LogP contribution in [-0.2, 0) is 4.74 Å². The predicted octanol–water partition coefficient (Wildman–Crippen LogP) is 3.74. The van der Waals surface area contributed by atoms with Gasteiger partial charge in [-0.1, -0.05) is 17.8 Å². The highest BCUT2D eigenvalue weighted by molar-refractivity contribution is 7.99. The number of methoxy groups -OCH3 is 1. The molecule has 6 nitrogen and oxygen atoms in total. The van der Waals surface area contributed by atoms with Crippen LogP contribution in [0.25, 0.3) is 5.69 Å². The summed E-state index contributed by atoms with van der Waals surface area (Å²) >= 11 is 1.32. The number of hydrogen-bond donors (Lipinski definition) is 0. The summed E-state index contributed by atoms with van der Waals surface area (Å²) in [5, 5.41) is 4.76. The molecule has 0 saturated heterocycles. The van der Waals surface area contributed by atoms with E-state index in [1.807, 2.05) is 24.3 Å². The van der Waals surface area contributed by atoms with Crippen LogP contribution in [0.2, 0.25) is 0 Å². The fourth-order valence-electron chi connectivity index (χ4n) is 2.24. The maximum absolute atomic E-state index is 14.2. The summed E-state index contributed by atoms with van der Waals surface area (Å²) in [4.78, 5) is 16.5.